The molecule has 1 aliphatic heterocycles. The van der Waals surface area contributed by atoms with Gasteiger partial charge >= 0.3 is 0 Å². The smallest absolute Gasteiger partial charge is 0.168 e. The quantitative estimate of drug-likeness (QED) is 0.518. The Kier molecular flexibility index (Phi) is 2.49. The van der Waals surface area contributed by atoms with Gasteiger partial charge in [0.2, 0.25) is 0 Å². The monoisotopic (exact) mass is 137 g/mol. The van der Waals surface area contributed by atoms with Gasteiger partial charge in [0.15, 0.2) is 7.85 Å². The summed E-state index contributed by atoms with van der Waals surface area (Å²) in [5.41, 5.74) is -0.167. The normalized spacial score (nSPS) is 33.7. The zero-order valence-electron chi connectivity index (χ0n) is 6.26. The fourth-order valence-electron chi connectivity index (χ4n) is 1.24. The Balaban J connectivity index is 2.33. The second-order valence-corrected chi connectivity index (χ2v) is 2.99. The summed E-state index contributed by atoms with van der Waals surface area (Å²) in [5, 5.41) is 3.21. The van der Waals surface area contributed by atoms with E-state index >= 15 is 0 Å². The maximum Gasteiger partial charge on any atom is 0.168 e. The Bertz CT molecular complexity index is 130. The molecule has 0 aromatic rings. The van der Waals surface area contributed by atoms with Crippen molar-refractivity contribution in [3.8, 4) is 0 Å². The minimum Gasteiger partial charge on any atom is -0.314 e. The molecule has 0 amide bonds. The number of carbonyl (C=O) groups excluding carboxylic acids is 1. The van der Waals surface area contributed by atoms with Crippen LogP contribution in [-0.4, -0.2) is 26.1 Å². The SMILES string of the molecule is [B]C(=O)[C@@H]1CCC(C)NC1. The van der Waals surface area contributed by atoms with E-state index in [4.69, 9.17) is 7.85 Å². The number of hydrogen-bond donors (Lipinski definition) is 1. The Morgan fingerprint density at radius 3 is 2.70 bits per heavy atom. The second kappa shape index (κ2) is 3.19. The van der Waals surface area contributed by atoms with Crippen LogP contribution < -0.4 is 5.32 Å². The Morgan fingerprint density at radius 1 is 1.60 bits per heavy atom. The van der Waals surface area contributed by atoms with Crippen LogP contribution in [0, 0.1) is 5.92 Å². The molecule has 54 valence electrons. The van der Waals surface area contributed by atoms with Gasteiger partial charge in [-0.05, 0) is 19.8 Å². The molecule has 2 radical (unpaired) electrons. The van der Waals surface area contributed by atoms with E-state index in [1.165, 1.54) is 0 Å². The summed E-state index contributed by atoms with van der Waals surface area (Å²) in [6, 6.07) is 0.551. The highest BCUT2D eigenvalue weighted by Gasteiger charge is 2.19. The molecule has 1 unspecified atom stereocenters. The van der Waals surface area contributed by atoms with E-state index in [2.05, 4.69) is 12.2 Å². The molecule has 0 bridgehead atoms. The lowest BCUT2D eigenvalue weighted by Gasteiger charge is -2.25. The van der Waals surface area contributed by atoms with Gasteiger partial charge in [0.05, 0.1) is 5.68 Å². The molecule has 0 spiro atoms. The highest BCUT2D eigenvalue weighted by atomic mass is 16.1. The maximum atomic E-state index is 10.6. The standard InChI is InChI=1S/C7H12BNO/c1-5-2-3-6(4-9-5)7(8)10/h5-6,9H,2-4H2,1H3/t5?,6-/m1/s1. The molecule has 0 saturated carbocycles. The number of rotatable bonds is 1. The molecular formula is C7H12BNO. The van der Waals surface area contributed by atoms with Crippen LogP contribution in [0.4, 0.5) is 0 Å². The molecule has 2 nitrogen and oxygen atoms in total. The van der Waals surface area contributed by atoms with Crippen molar-refractivity contribution >= 4 is 13.5 Å². The van der Waals surface area contributed by atoms with Crippen molar-refractivity contribution < 1.29 is 4.79 Å². The molecule has 1 rings (SSSR count). The van der Waals surface area contributed by atoms with Crippen LogP contribution in [0.25, 0.3) is 0 Å². The van der Waals surface area contributed by atoms with Gasteiger partial charge in [-0.25, -0.2) is 0 Å². The van der Waals surface area contributed by atoms with E-state index in [0.29, 0.717) is 6.04 Å². The zero-order valence-corrected chi connectivity index (χ0v) is 6.26. The third kappa shape index (κ3) is 1.84. The van der Waals surface area contributed by atoms with Crippen LogP contribution in [0.3, 0.4) is 0 Å². The largest absolute Gasteiger partial charge is 0.314 e. The van der Waals surface area contributed by atoms with Gasteiger partial charge in [0.25, 0.3) is 0 Å². The van der Waals surface area contributed by atoms with E-state index in [0.717, 1.165) is 19.4 Å². The zero-order chi connectivity index (χ0) is 7.56. The molecule has 3 heteroatoms. The predicted molar refractivity (Wildman–Crippen MR) is 40.9 cm³/mol. The molecule has 0 aromatic heterocycles. The second-order valence-electron chi connectivity index (χ2n) is 2.99. The van der Waals surface area contributed by atoms with Crippen molar-refractivity contribution in [3.05, 3.63) is 0 Å². The number of piperidine rings is 1. The Labute approximate surface area is 62.8 Å². The van der Waals surface area contributed by atoms with Crippen molar-refractivity contribution in [1.29, 1.82) is 0 Å². The Hall–Kier alpha value is -0.305. The maximum absolute atomic E-state index is 10.6. The summed E-state index contributed by atoms with van der Waals surface area (Å²) in [6.45, 7) is 2.88. The molecule has 0 aromatic carbocycles. The summed E-state index contributed by atoms with van der Waals surface area (Å²) in [7, 11) is 5.13. The lowest BCUT2D eigenvalue weighted by atomic mass is 9.83. The van der Waals surface area contributed by atoms with Gasteiger partial charge in [0, 0.05) is 18.5 Å². The van der Waals surface area contributed by atoms with E-state index in [1.807, 2.05) is 0 Å². The van der Waals surface area contributed by atoms with E-state index in [9.17, 15) is 4.79 Å². The van der Waals surface area contributed by atoms with Crippen molar-refractivity contribution in [2.45, 2.75) is 25.8 Å². The summed E-state index contributed by atoms with van der Waals surface area (Å²) < 4.78 is 0. The molecule has 1 aliphatic rings. The summed E-state index contributed by atoms with van der Waals surface area (Å²) in [5.74, 6) is 0.0659. The van der Waals surface area contributed by atoms with Crippen molar-refractivity contribution in [3.63, 3.8) is 0 Å². The summed E-state index contributed by atoms with van der Waals surface area (Å²) in [6.07, 6.45) is 2.01. The van der Waals surface area contributed by atoms with Gasteiger partial charge < -0.3 is 10.1 Å². The number of carbonyl (C=O) groups is 1. The minimum absolute atomic E-state index is 0.0659. The molecule has 1 N–H and O–H groups in total. The first-order chi connectivity index (χ1) is 4.70. The van der Waals surface area contributed by atoms with E-state index in [1.54, 1.807) is 0 Å². The molecular weight excluding hydrogens is 125 g/mol. The van der Waals surface area contributed by atoms with Crippen molar-refractivity contribution in [2.24, 2.45) is 5.92 Å². The van der Waals surface area contributed by atoms with Crippen LogP contribution in [0.1, 0.15) is 19.8 Å². The number of nitrogens with one attached hydrogen (secondary N) is 1. The van der Waals surface area contributed by atoms with E-state index < -0.39 is 0 Å². The summed E-state index contributed by atoms with van der Waals surface area (Å²) in [4.78, 5) is 10.6. The van der Waals surface area contributed by atoms with Crippen molar-refractivity contribution in [1.82, 2.24) is 5.32 Å². The van der Waals surface area contributed by atoms with Crippen LogP contribution in [-0.2, 0) is 4.79 Å². The predicted octanol–water partition coefficient (Wildman–Crippen LogP) is 0.0696. The third-order valence-electron chi connectivity index (χ3n) is 2.06. The van der Waals surface area contributed by atoms with E-state index in [-0.39, 0.29) is 11.6 Å². The van der Waals surface area contributed by atoms with Crippen LogP contribution in [0.2, 0.25) is 0 Å². The fraction of sp³-hybridized carbons (Fsp3) is 0.857. The highest BCUT2D eigenvalue weighted by molar-refractivity contribution is 6.58. The molecule has 1 heterocycles. The molecule has 0 aliphatic carbocycles. The minimum atomic E-state index is -0.167. The molecule has 2 atom stereocenters. The lowest BCUT2D eigenvalue weighted by Crippen LogP contribution is -2.40. The molecule has 1 saturated heterocycles. The highest BCUT2D eigenvalue weighted by Crippen LogP contribution is 2.13. The van der Waals surface area contributed by atoms with Gasteiger partial charge in [-0.2, -0.15) is 0 Å². The molecule has 10 heavy (non-hydrogen) atoms. The van der Waals surface area contributed by atoms with Gasteiger partial charge in [-0.3, -0.25) is 0 Å². The van der Waals surface area contributed by atoms with Crippen molar-refractivity contribution in [2.75, 3.05) is 6.54 Å². The third-order valence-corrected chi connectivity index (χ3v) is 2.06. The van der Waals surface area contributed by atoms with Crippen LogP contribution in [0.5, 0.6) is 0 Å². The lowest BCUT2D eigenvalue weighted by molar-refractivity contribution is -0.115. The van der Waals surface area contributed by atoms with Crippen LogP contribution >= 0.6 is 0 Å². The fourth-order valence-corrected chi connectivity index (χ4v) is 1.24. The van der Waals surface area contributed by atoms with Gasteiger partial charge in [-0.1, -0.05) is 0 Å². The topological polar surface area (TPSA) is 29.1 Å². The number of hydrogen-bond acceptors (Lipinski definition) is 2. The van der Waals surface area contributed by atoms with Gasteiger partial charge in [0.1, 0.15) is 0 Å². The molecule has 1 fully saturated rings. The first kappa shape index (κ1) is 7.80. The summed E-state index contributed by atoms with van der Waals surface area (Å²) >= 11 is 0. The first-order valence-corrected chi connectivity index (χ1v) is 3.73. The van der Waals surface area contributed by atoms with Gasteiger partial charge in [-0.15, -0.1) is 0 Å². The van der Waals surface area contributed by atoms with Crippen LogP contribution in [0.15, 0.2) is 0 Å². The Morgan fingerprint density at radius 2 is 2.30 bits per heavy atom. The average molecular weight is 137 g/mol. The first-order valence-electron chi connectivity index (χ1n) is 3.73. The average Bonchev–Trinajstić information content (AvgIpc) is 1.88.